The van der Waals surface area contributed by atoms with Crippen molar-refractivity contribution in [2.24, 2.45) is 5.73 Å². The SMILES string of the molecule is CN1C2CCC1CC(c1noc(C3COCC3N)n1)C2. The molecule has 0 radical (unpaired) electrons. The summed E-state index contributed by atoms with van der Waals surface area (Å²) < 4.78 is 10.8. The van der Waals surface area contributed by atoms with Gasteiger partial charge in [0, 0.05) is 24.0 Å². The summed E-state index contributed by atoms with van der Waals surface area (Å²) in [6.07, 6.45) is 4.92. The molecule has 2 bridgehead atoms. The van der Waals surface area contributed by atoms with Gasteiger partial charge in [0.2, 0.25) is 5.89 Å². The van der Waals surface area contributed by atoms with Crippen LogP contribution in [0, 0.1) is 0 Å². The minimum Gasteiger partial charge on any atom is -0.379 e. The topological polar surface area (TPSA) is 77.4 Å². The fourth-order valence-corrected chi connectivity index (χ4v) is 4.01. The van der Waals surface area contributed by atoms with Crippen molar-refractivity contribution in [1.82, 2.24) is 15.0 Å². The van der Waals surface area contributed by atoms with Gasteiger partial charge in [-0.25, -0.2) is 0 Å². The molecule has 3 aliphatic rings. The van der Waals surface area contributed by atoms with Gasteiger partial charge in [-0.05, 0) is 32.7 Å². The van der Waals surface area contributed by atoms with E-state index in [1.54, 1.807) is 0 Å². The van der Waals surface area contributed by atoms with Crippen LogP contribution in [-0.2, 0) is 4.74 Å². The van der Waals surface area contributed by atoms with Crippen LogP contribution in [0.2, 0.25) is 0 Å². The van der Waals surface area contributed by atoms with Crippen molar-refractivity contribution in [3.05, 3.63) is 11.7 Å². The quantitative estimate of drug-likeness (QED) is 0.864. The highest BCUT2D eigenvalue weighted by Gasteiger charge is 2.41. The second-order valence-electron chi connectivity index (χ2n) is 6.52. The molecule has 4 heterocycles. The maximum Gasteiger partial charge on any atom is 0.233 e. The van der Waals surface area contributed by atoms with E-state index in [2.05, 4.69) is 22.1 Å². The maximum absolute atomic E-state index is 6.01. The number of aromatic nitrogens is 2. The number of rotatable bonds is 2. The van der Waals surface area contributed by atoms with E-state index < -0.39 is 0 Å². The van der Waals surface area contributed by atoms with Gasteiger partial charge in [0.25, 0.3) is 0 Å². The molecule has 6 nitrogen and oxygen atoms in total. The Bertz CT molecular complexity index is 477. The van der Waals surface area contributed by atoms with Crippen molar-refractivity contribution < 1.29 is 9.26 Å². The van der Waals surface area contributed by atoms with E-state index in [1.807, 2.05) is 0 Å². The van der Waals surface area contributed by atoms with Gasteiger partial charge in [-0.3, -0.25) is 0 Å². The van der Waals surface area contributed by atoms with Crippen LogP contribution in [0.25, 0.3) is 0 Å². The lowest BCUT2D eigenvalue weighted by atomic mass is 9.90. The summed E-state index contributed by atoms with van der Waals surface area (Å²) in [6.45, 7) is 1.18. The van der Waals surface area contributed by atoms with Gasteiger partial charge in [-0.1, -0.05) is 5.16 Å². The van der Waals surface area contributed by atoms with Gasteiger partial charge < -0.3 is 19.9 Å². The summed E-state index contributed by atoms with van der Waals surface area (Å²) in [7, 11) is 2.25. The van der Waals surface area contributed by atoms with Crippen LogP contribution in [0.3, 0.4) is 0 Å². The first-order valence-electron chi connectivity index (χ1n) is 7.61. The molecule has 3 fully saturated rings. The van der Waals surface area contributed by atoms with Crippen molar-refractivity contribution in [2.45, 2.75) is 55.6 Å². The van der Waals surface area contributed by atoms with E-state index in [0.29, 0.717) is 37.1 Å². The number of hydrogen-bond donors (Lipinski definition) is 1. The fraction of sp³-hybridized carbons (Fsp3) is 0.857. The highest BCUT2D eigenvalue weighted by Crippen LogP contribution is 2.41. The van der Waals surface area contributed by atoms with Crippen molar-refractivity contribution >= 4 is 0 Å². The van der Waals surface area contributed by atoms with E-state index in [0.717, 1.165) is 18.7 Å². The molecule has 4 rings (SSSR count). The van der Waals surface area contributed by atoms with Crippen LogP contribution in [0.5, 0.6) is 0 Å². The Morgan fingerprint density at radius 3 is 2.60 bits per heavy atom. The predicted molar refractivity (Wildman–Crippen MR) is 72.4 cm³/mol. The molecule has 0 spiro atoms. The summed E-state index contributed by atoms with van der Waals surface area (Å²) in [5.41, 5.74) is 6.01. The molecule has 110 valence electrons. The van der Waals surface area contributed by atoms with Gasteiger partial charge in [-0.2, -0.15) is 4.98 Å². The Balaban J connectivity index is 1.51. The minimum atomic E-state index is -0.0167. The van der Waals surface area contributed by atoms with Crippen LogP contribution in [-0.4, -0.2) is 53.4 Å². The summed E-state index contributed by atoms with van der Waals surface area (Å²) in [6, 6.07) is 1.37. The molecule has 3 saturated heterocycles. The van der Waals surface area contributed by atoms with E-state index in [1.165, 1.54) is 12.8 Å². The molecule has 20 heavy (non-hydrogen) atoms. The molecule has 0 aromatic carbocycles. The van der Waals surface area contributed by atoms with Crippen LogP contribution >= 0.6 is 0 Å². The summed E-state index contributed by atoms with van der Waals surface area (Å²) in [4.78, 5) is 7.16. The molecule has 0 aliphatic carbocycles. The highest BCUT2D eigenvalue weighted by molar-refractivity contribution is 5.08. The lowest BCUT2D eigenvalue weighted by Crippen LogP contribution is -2.39. The third-order valence-electron chi connectivity index (χ3n) is 5.36. The minimum absolute atomic E-state index is 0.0167. The molecule has 1 aromatic rings. The Morgan fingerprint density at radius 2 is 1.95 bits per heavy atom. The average Bonchev–Trinajstić information content (AvgIpc) is 3.10. The van der Waals surface area contributed by atoms with E-state index in [4.69, 9.17) is 15.0 Å². The number of hydrogen-bond acceptors (Lipinski definition) is 6. The van der Waals surface area contributed by atoms with E-state index in [9.17, 15) is 0 Å². The Labute approximate surface area is 118 Å². The smallest absolute Gasteiger partial charge is 0.233 e. The van der Waals surface area contributed by atoms with Crippen molar-refractivity contribution in [3.63, 3.8) is 0 Å². The van der Waals surface area contributed by atoms with Crippen molar-refractivity contribution in [2.75, 3.05) is 20.3 Å². The first-order valence-corrected chi connectivity index (χ1v) is 7.61. The first-order chi connectivity index (χ1) is 9.72. The van der Waals surface area contributed by atoms with E-state index >= 15 is 0 Å². The van der Waals surface area contributed by atoms with Crippen molar-refractivity contribution in [3.8, 4) is 0 Å². The highest BCUT2D eigenvalue weighted by atomic mass is 16.5. The third-order valence-corrected chi connectivity index (χ3v) is 5.36. The molecule has 4 unspecified atom stereocenters. The predicted octanol–water partition coefficient (Wildman–Crippen LogP) is 0.851. The Hall–Kier alpha value is -0.980. The molecule has 0 saturated carbocycles. The number of nitrogens with zero attached hydrogens (tertiary/aromatic N) is 3. The lowest BCUT2D eigenvalue weighted by Gasteiger charge is -2.34. The number of nitrogens with two attached hydrogens (primary N) is 1. The fourth-order valence-electron chi connectivity index (χ4n) is 4.01. The summed E-state index contributed by atoms with van der Waals surface area (Å²) in [5, 5.41) is 4.22. The van der Waals surface area contributed by atoms with Crippen LogP contribution in [0.15, 0.2) is 4.52 Å². The molecule has 3 aliphatic heterocycles. The van der Waals surface area contributed by atoms with E-state index in [-0.39, 0.29) is 12.0 Å². The Morgan fingerprint density at radius 1 is 1.20 bits per heavy atom. The van der Waals surface area contributed by atoms with Crippen LogP contribution in [0.1, 0.15) is 49.2 Å². The second-order valence-corrected chi connectivity index (χ2v) is 6.52. The molecular formula is C14H22N4O2. The molecule has 0 amide bonds. The number of ether oxygens (including phenoxy) is 1. The number of piperidine rings is 1. The zero-order valence-corrected chi connectivity index (χ0v) is 11.9. The standard InChI is InChI=1S/C14H22N4O2/c1-18-9-2-3-10(18)5-8(4-9)13-16-14(20-17-13)11-6-19-7-12(11)15/h8-12H,2-7,15H2,1H3. The zero-order valence-electron chi connectivity index (χ0n) is 11.9. The van der Waals surface area contributed by atoms with Gasteiger partial charge >= 0.3 is 0 Å². The van der Waals surface area contributed by atoms with Gasteiger partial charge in [0.15, 0.2) is 5.82 Å². The van der Waals surface area contributed by atoms with Crippen LogP contribution in [0.4, 0.5) is 0 Å². The second kappa shape index (κ2) is 4.79. The van der Waals surface area contributed by atoms with Gasteiger partial charge in [0.1, 0.15) is 0 Å². The molecule has 6 heteroatoms. The van der Waals surface area contributed by atoms with Crippen molar-refractivity contribution in [1.29, 1.82) is 0 Å². The Kier molecular flexibility index (Phi) is 3.05. The molecule has 2 N–H and O–H groups in total. The summed E-state index contributed by atoms with van der Waals surface area (Å²) >= 11 is 0. The zero-order chi connectivity index (χ0) is 13.7. The third kappa shape index (κ3) is 1.98. The molecular weight excluding hydrogens is 256 g/mol. The average molecular weight is 278 g/mol. The van der Waals surface area contributed by atoms with Gasteiger partial charge in [0.05, 0.1) is 19.1 Å². The molecule has 4 atom stereocenters. The summed E-state index contributed by atoms with van der Waals surface area (Å²) in [5.74, 6) is 2.05. The lowest BCUT2D eigenvalue weighted by molar-refractivity contribution is 0.157. The first kappa shape index (κ1) is 12.7. The largest absolute Gasteiger partial charge is 0.379 e. The normalized spacial score (nSPS) is 41.4. The maximum atomic E-state index is 6.01. The monoisotopic (exact) mass is 278 g/mol. The number of fused-ring (bicyclic) bond motifs is 2. The van der Waals surface area contributed by atoms with Crippen LogP contribution < -0.4 is 5.73 Å². The molecule has 1 aromatic heterocycles. The van der Waals surface area contributed by atoms with Gasteiger partial charge in [-0.15, -0.1) is 0 Å².